The Labute approximate surface area is 114 Å². The second-order valence-electron chi connectivity index (χ2n) is 5.01. The van der Waals surface area contributed by atoms with Gasteiger partial charge in [-0.2, -0.15) is 0 Å². The number of hydrogen-bond acceptors (Lipinski definition) is 4. The van der Waals surface area contributed by atoms with Crippen molar-refractivity contribution in [2.75, 3.05) is 6.54 Å². The van der Waals surface area contributed by atoms with Crippen molar-refractivity contribution >= 4 is 23.2 Å². The Bertz CT molecular complexity index is 579. The fourth-order valence-electron chi connectivity index (χ4n) is 2.83. The van der Waals surface area contributed by atoms with Gasteiger partial charge < -0.3 is 14.8 Å². The van der Waals surface area contributed by atoms with Crippen LogP contribution >= 0.6 is 11.3 Å². The van der Waals surface area contributed by atoms with Crippen LogP contribution in [0.2, 0.25) is 0 Å². The van der Waals surface area contributed by atoms with Crippen LogP contribution in [0.5, 0.6) is 0 Å². The molecule has 19 heavy (non-hydrogen) atoms. The third-order valence-corrected chi connectivity index (χ3v) is 4.56. The number of nitrogens with one attached hydrogen (secondary N) is 1. The third-order valence-electron chi connectivity index (χ3n) is 3.84. The minimum atomic E-state index is -0.453. The molecule has 102 valence electrons. The number of piperazine rings is 1. The van der Waals surface area contributed by atoms with Gasteiger partial charge in [0.05, 0.1) is 6.54 Å². The van der Waals surface area contributed by atoms with E-state index in [0.717, 1.165) is 24.2 Å². The van der Waals surface area contributed by atoms with E-state index < -0.39 is 6.04 Å². The summed E-state index contributed by atoms with van der Waals surface area (Å²) in [6, 6.07) is -0.751. The lowest BCUT2D eigenvalue weighted by atomic mass is 10.1. The second kappa shape index (κ2) is 4.48. The van der Waals surface area contributed by atoms with Crippen molar-refractivity contribution in [1.82, 2.24) is 14.8 Å². The maximum absolute atomic E-state index is 12.4. The van der Waals surface area contributed by atoms with Gasteiger partial charge >= 0.3 is 4.87 Å². The molecule has 2 atom stereocenters. The van der Waals surface area contributed by atoms with Crippen molar-refractivity contribution in [1.29, 1.82) is 0 Å². The monoisotopic (exact) mass is 281 g/mol. The number of aromatic amines is 1. The van der Waals surface area contributed by atoms with Crippen LogP contribution in [0.3, 0.4) is 0 Å². The second-order valence-corrected chi connectivity index (χ2v) is 5.85. The van der Waals surface area contributed by atoms with Crippen LogP contribution in [0, 0.1) is 0 Å². The highest BCUT2D eigenvalue weighted by Gasteiger charge is 2.45. The normalized spacial score (nSPS) is 27.0. The van der Waals surface area contributed by atoms with Crippen LogP contribution < -0.4 is 4.87 Å². The van der Waals surface area contributed by atoms with E-state index in [-0.39, 0.29) is 22.7 Å². The van der Waals surface area contributed by atoms with Crippen LogP contribution in [0.15, 0.2) is 10.2 Å². The van der Waals surface area contributed by atoms with Crippen LogP contribution in [-0.4, -0.2) is 45.2 Å². The van der Waals surface area contributed by atoms with Crippen molar-refractivity contribution in [3.05, 3.63) is 20.7 Å². The van der Waals surface area contributed by atoms with Crippen molar-refractivity contribution < 1.29 is 9.59 Å². The zero-order chi connectivity index (χ0) is 13.6. The van der Waals surface area contributed by atoms with Gasteiger partial charge in [0.2, 0.25) is 11.8 Å². The van der Waals surface area contributed by atoms with E-state index in [1.807, 2.05) is 0 Å². The van der Waals surface area contributed by atoms with Gasteiger partial charge in [-0.3, -0.25) is 14.4 Å². The summed E-state index contributed by atoms with van der Waals surface area (Å²) in [5, 5.41) is 1.70. The Balaban J connectivity index is 1.85. The number of amides is 2. The number of fused-ring (bicyclic) bond motifs is 1. The number of aromatic nitrogens is 1. The molecule has 2 unspecified atom stereocenters. The first kappa shape index (κ1) is 12.4. The lowest BCUT2D eigenvalue weighted by Gasteiger charge is -2.40. The van der Waals surface area contributed by atoms with Gasteiger partial charge in [0.15, 0.2) is 0 Å². The van der Waals surface area contributed by atoms with Crippen LogP contribution in [0.1, 0.15) is 25.5 Å². The molecule has 3 heterocycles. The number of carbonyl (C=O) groups is 2. The van der Waals surface area contributed by atoms with E-state index in [0.29, 0.717) is 18.8 Å². The Morgan fingerprint density at radius 2 is 2.16 bits per heavy atom. The summed E-state index contributed by atoms with van der Waals surface area (Å²) in [4.78, 5) is 41.6. The molecule has 2 aliphatic heterocycles. The summed E-state index contributed by atoms with van der Waals surface area (Å²) < 4.78 is 0. The summed E-state index contributed by atoms with van der Waals surface area (Å²) in [5.74, 6) is 0.0105. The predicted molar refractivity (Wildman–Crippen MR) is 69.7 cm³/mol. The SMILES string of the molecule is CC1C(=O)N2CCCC2C(=O)N1Cc1csc(=O)[nH]1. The van der Waals surface area contributed by atoms with Crippen molar-refractivity contribution in [3.63, 3.8) is 0 Å². The number of carbonyl (C=O) groups excluding carboxylic acids is 2. The smallest absolute Gasteiger partial charge is 0.304 e. The molecule has 2 aliphatic rings. The molecular weight excluding hydrogens is 266 g/mol. The molecule has 6 nitrogen and oxygen atoms in total. The van der Waals surface area contributed by atoms with Gasteiger partial charge in [-0.05, 0) is 19.8 Å². The average Bonchev–Trinajstić information content (AvgIpc) is 3.01. The summed E-state index contributed by atoms with van der Waals surface area (Å²) in [6.07, 6.45) is 1.63. The molecule has 7 heteroatoms. The van der Waals surface area contributed by atoms with E-state index in [4.69, 9.17) is 0 Å². The van der Waals surface area contributed by atoms with Gasteiger partial charge in [-0.15, -0.1) is 0 Å². The lowest BCUT2D eigenvalue weighted by Crippen LogP contribution is -2.61. The third kappa shape index (κ3) is 1.98. The molecule has 3 rings (SSSR count). The quantitative estimate of drug-likeness (QED) is 0.839. The Morgan fingerprint density at radius 3 is 2.84 bits per heavy atom. The molecule has 2 fully saturated rings. The van der Waals surface area contributed by atoms with Crippen LogP contribution in [-0.2, 0) is 16.1 Å². The molecule has 2 saturated heterocycles. The first-order valence-electron chi connectivity index (χ1n) is 6.35. The van der Waals surface area contributed by atoms with E-state index in [1.165, 1.54) is 0 Å². The van der Waals surface area contributed by atoms with E-state index in [2.05, 4.69) is 4.98 Å². The minimum absolute atomic E-state index is 0.00310. The molecule has 0 radical (unpaired) electrons. The summed E-state index contributed by atoms with van der Waals surface area (Å²) in [5.41, 5.74) is 0.689. The standard InChI is InChI=1S/C12H15N3O3S/c1-7-10(16)14-4-2-3-9(14)11(17)15(7)5-8-6-19-12(18)13-8/h6-7,9H,2-5H2,1H3,(H,13,18). The first-order valence-corrected chi connectivity index (χ1v) is 7.23. The van der Waals surface area contributed by atoms with Gasteiger partial charge in [-0.25, -0.2) is 0 Å². The van der Waals surface area contributed by atoms with Gasteiger partial charge in [0.25, 0.3) is 0 Å². The van der Waals surface area contributed by atoms with E-state index >= 15 is 0 Å². The van der Waals surface area contributed by atoms with Gasteiger partial charge in [0.1, 0.15) is 12.1 Å². The molecule has 2 amide bonds. The molecular formula is C12H15N3O3S. The van der Waals surface area contributed by atoms with Crippen molar-refractivity contribution in [2.45, 2.75) is 38.4 Å². The molecule has 0 spiro atoms. The maximum Gasteiger partial charge on any atom is 0.304 e. The molecule has 0 aliphatic carbocycles. The zero-order valence-corrected chi connectivity index (χ0v) is 11.4. The Hall–Kier alpha value is -1.63. The fourth-order valence-corrected chi connectivity index (χ4v) is 3.41. The molecule has 1 aromatic heterocycles. The number of nitrogens with zero attached hydrogens (tertiary/aromatic N) is 2. The molecule has 1 N–H and O–H groups in total. The van der Waals surface area contributed by atoms with Crippen molar-refractivity contribution in [3.8, 4) is 0 Å². The van der Waals surface area contributed by atoms with Gasteiger partial charge in [-0.1, -0.05) is 11.3 Å². The first-order chi connectivity index (χ1) is 9.08. The number of rotatable bonds is 2. The van der Waals surface area contributed by atoms with E-state index in [9.17, 15) is 14.4 Å². The molecule has 0 aromatic carbocycles. The van der Waals surface area contributed by atoms with Crippen molar-refractivity contribution in [2.24, 2.45) is 0 Å². The van der Waals surface area contributed by atoms with Gasteiger partial charge in [0, 0.05) is 17.6 Å². The minimum Gasteiger partial charge on any atom is -0.329 e. The largest absolute Gasteiger partial charge is 0.329 e. The number of thiazole rings is 1. The molecule has 0 saturated carbocycles. The molecule has 0 bridgehead atoms. The number of hydrogen-bond donors (Lipinski definition) is 1. The highest BCUT2D eigenvalue weighted by atomic mass is 32.1. The topological polar surface area (TPSA) is 73.5 Å². The Kier molecular flexibility index (Phi) is 2.93. The predicted octanol–water partition coefficient (Wildman–Crippen LogP) is 0.158. The highest BCUT2D eigenvalue weighted by Crippen LogP contribution is 2.27. The van der Waals surface area contributed by atoms with Crippen LogP contribution in [0.4, 0.5) is 0 Å². The number of H-pyrrole nitrogens is 1. The molecule has 1 aromatic rings. The average molecular weight is 281 g/mol. The Morgan fingerprint density at radius 1 is 1.37 bits per heavy atom. The lowest BCUT2D eigenvalue weighted by molar-refractivity contribution is -0.159. The highest BCUT2D eigenvalue weighted by molar-refractivity contribution is 7.07. The maximum atomic E-state index is 12.4. The summed E-state index contributed by atoms with van der Waals surface area (Å²) >= 11 is 1.07. The van der Waals surface area contributed by atoms with E-state index in [1.54, 1.807) is 22.1 Å². The zero-order valence-electron chi connectivity index (χ0n) is 10.6. The van der Waals surface area contributed by atoms with Crippen LogP contribution in [0.25, 0.3) is 0 Å². The summed E-state index contributed by atoms with van der Waals surface area (Å²) in [7, 11) is 0. The fraction of sp³-hybridized carbons (Fsp3) is 0.583. The summed E-state index contributed by atoms with van der Waals surface area (Å²) in [6.45, 7) is 2.73.